The summed E-state index contributed by atoms with van der Waals surface area (Å²) in [4.78, 5) is 0.284. The highest BCUT2D eigenvalue weighted by atomic mass is 32.2. The Hall–Kier alpha value is -2.47. The summed E-state index contributed by atoms with van der Waals surface area (Å²) in [5.41, 5.74) is 1.91. The molecule has 1 heterocycles. The summed E-state index contributed by atoms with van der Waals surface area (Å²) in [6.45, 7) is 7.90. The van der Waals surface area contributed by atoms with Gasteiger partial charge in [-0.2, -0.15) is 0 Å². The highest BCUT2D eigenvalue weighted by molar-refractivity contribution is 7.89. The van der Waals surface area contributed by atoms with Gasteiger partial charge in [0.1, 0.15) is 17.6 Å². The van der Waals surface area contributed by atoms with Gasteiger partial charge >= 0.3 is 0 Å². The standard InChI is InChI=1S/C23H29NO4S/c1-16(2)13-22-23(19-7-6-8-20(14-19)27-5)28-18(4)15-24(22)29(25,26)21-11-9-17(3)10-12-21/h6-12,14-16,22-23H,13H2,1-5H3/t22-,23+/m1/s1. The van der Waals surface area contributed by atoms with Crippen LogP contribution in [0.1, 0.15) is 44.4 Å². The van der Waals surface area contributed by atoms with Crippen LogP contribution in [0.4, 0.5) is 0 Å². The van der Waals surface area contributed by atoms with E-state index in [1.807, 2.05) is 43.3 Å². The lowest BCUT2D eigenvalue weighted by atomic mass is 9.93. The lowest BCUT2D eigenvalue weighted by Crippen LogP contribution is -2.44. The SMILES string of the molecule is COc1cccc([C@@H]2OC(C)=CN(S(=O)(=O)c3ccc(C)cc3)[C@@H]2CC(C)C)c1. The fourth-order valence-corrected chi connectivity index (χ4v) is 5.18. The van der Waals surface area contributed by atoms with Crippen LogP contribution in [-0.4, -0.2) is 25.9 Å². The van der Waals surface area contributed by atoms with E-state index in [-0.39, 0.29) is 10.9 Å². The van der Waals surface area contributed by atoms with Gasteiger partial charge in [-0.15, -0.1) is 0 Å². The van der Waals surface area contributed by atoms with Gasteiger partial charge in [-0.1, -0.05) is 43.7 Å². The maximum absolute atomic E-state index is 13.5. The minimum atomic E-state index is -3.72. The number of nitrogens with zero attached hydrogens (tertiary/aromatic N) is 1. The van der Waals surface area contributed by atoms with Crippen LogP contribution in [-0.2, 0) is 14.8 Å². The van der Waals surface area contributed by atoms with E-state index >= 15 is 0 Å². The maximum atomic E-state index is 13.5. The molecular weight excluding hydrogens is 386 g/mol. The lowest BCUT2D eigenvalue weighted by molar-refractivity contribution is 0.0299. The van der Waals surface area contributed by atoms with E-state index in [2.05, 4.69) is 13.8 Å². The van der Waals surface area contributed by atoms with Crippen molar-refractivity contribution in [2.75, 3.05) is 7.11 Å². The fourth-order valence-electron chi connectivity index (χ4n) is 3.62. The quantitative estimate of drug-likeness (QED) is 0.663. The van der Waals surface area contributed by atoms with Gasteiger partial charge in [0.05, 0.1) is 24.2 Å². The van der Waals surface area contributed by atoms with Gasteiger partial charge in [-0.05, 0) is 56.0 Å². The van der Waals surface area contributed by atoms with Gasteiger partial charge in [0.15, 0.2) is 0 Å². The molecule has 6 heteroatoms. The Morgan fingerprint density at radius 2 is 1.79 bits per heavy atom. The molecule has 0 saturated heterocycles. The zero-order valence-corrected chi connectivity index (χ0v) is 18.4. The number of sulfonamides is 1. The molecule has 2 aromatic rings. The molecule has 2 atom stereocenters. The van der Waals surface area contributed by atoms with Crippen LogP contribution in [0.15, 0.2) is 65.4 Å². The molecule has 1 aliphatic rings. The van der Waals surface area contributed by atoms with Gasteiger partial charge in [-0.3, -0.25) is 4.31 Å². The number of methoxy groups -OCH3 is 1. The van der Waals surface area contributed by atoms with Crippen LogP contribution >= 0.6 is 0 Å². The minimum Gasteiger partial charge on any atom is -0.497 e. The van der Waals surface area contributed by atoms with Gasteiger partial charge in [0, 0.05) is 0 Å². The monoisotopic (exact) mass is 415 g/mol. The molecule has 1 aliphatic heterocycles. The van der Waals surface area contributed by atoms with Crippen molar-refractivity contribution in [2.45, 2.75) is 51.2 Å². The molecule has 0 saturated carbocycles. The molecule has 29 heavy (non-hydrogen) atoms. The van der Waals surface area contributed by atoms with E-state index in [4.69, 9.17) is 9.47 Å². The highest BCUT2D eigenvalue weighted by Gasteiger charge is 2.40. The zero-order chi connectivity index (χ0) is 21.2. The Kier molecular flexibility index (Phi) is 6.22. The third kappa shape index (κ3) is 4.58. The van der Waals surface area contributed by atoms with Crippen LogP contribution in [0, 0.1) is 12.8 Å². The number of hydrogen-bond donors (Lipinski definition) is 0. The average Bonchev–Trinajstić information content (AvgIpc) is 2.69. The third-order valence-electron chi connectivity index (χ3n) is 5.03. The molecule has 0 N–H and O–H groups in total. The first-order valence-electron chi connectivity index (χ1n) is 9.81. The van der Waals surface area contributed by atoms with Crippen molar-refractivity contribution < 1.29 is 17.9 Å². The number of hydrogen-bond acceptors (Lipinski definition) is 4. The number of benzene rings is 2. The van der Waals surface area contributed by atoms with Gasteiger partial charge in [0.2, 0.25) is 0 Å². The van der Waals surface area contributed by atoms with Crippen molar-refractivity contribution in [3.8, 4) is 5.75 Å². The summed E-state index contributed by atoms with van der Waals surface area (Å²) >= 11 is 0. The second-order valence-electron chi connectivity index (χ2n) is 7.90. The van der Waals surface area contributed by atoms with Crippen LogP contribution in [0.25, 0.3) is 0 Å². The maximum Gasteiger partial charge on any atom is 0.264 e. The predicted molar refractivity (Wildman–Crippen MR) is 114 cm³/mol. The molecule has 156 valence electrons. The van der Waals surface area contributed by atoms with Crippen LogP contribution in [0.3, 0.4) is 0 Å². The summed E-state index contributed by atoms with van der Waals surface area (Å²) in [7, 11) is -2.10. The Labute approximate surface area is 174 Å². The molecular formula is C23H29NO4S. The molecule has 0 spiro atoms. The summed E-state index contributed by atoms with van der Waals surface area (Å²) in [6, 6.07) is 14.2. The molecule has 0 unspecified atom stereocenters. The largest absolute Gasteiger partial charge is 0.497 e. The van der Waals surface area contributed by atoms with Crippen molar-refractivity contribution >= 4 is 10.0 Å². The fraction of sp³-hybridized carbons (Fsp3) is 0.391. The van der Waals surface area contributed by atoms with E-state index in [1.165, 1.54) is 4.31 Å². The van der Waals surface area contributed by atoms with Crippen LogP contribution < -0.4 is 4.74 Å². The van der Waals surface area contributed by atoms with E-state index in [9.17, 15) is 8.42 Å². The first kappa shape index (κ1) is 21.2. The van der Waals surface area contributed by atoms with Crippen molar-refractivity contribution in [3.05, 3.63) is 71.6 Å². The molecule has 0 aromatic heterocycles. The minimum absolute atomic E-state index is 0.284. The smallest absolute Gasteiger partial charge is 0.264 e. The molecule has 0 amide bonds. The van der Waals surface area contributed by atoms with Crippen LogP contribution in [0.2, 0.25) is 0 Å². The highest BCUT2D eigenvalue weighted by Crippen LogP contribution is 2.39. The summed E-state index contributed by atoms with van der Waals surface area (Å²) in [6.07, 6.45) is 1.85. The third-order valence-corrected chi connectivity index (χ3v) is 6.83. The van der Waals surface area contributed by atoms with Gasteiger partial charge < -0.3 is 9.47 Å². The van der Waals surface area contributed by atoms with Crippen molar-refractivity contribution in [1.29, 1.82) is 0 Å². The first-order valence-corrected chi connectivity index (χ1v) is 11.3. The van der Waals surface area contributed by atoms with Crippen molar-refractivity contribution in [2.24, 2.45) is 5.92 Å². The first-order chi connectivity index (χ1) is 13.7. The van der Waals surface area contributed by atoms with Crippen LogP contribution in [0.5, 0.6) is 5.75 Å². The van der Waals surface area contributed by atoms with Gasteiger partial charge in [-0.25, -0.2) is 8.42 Å². The van der Waals surface area contributed by atoms with E-state index in [0.717, 1.165) is 16.9 Å². The Morgan fingerprint density at radius 3 is 2.41 bits per heavy atom. The second-order valence-corrected chi connectivity index (χ2v) is 9.74. The second kappa shape index (κ2) is 8.49. The van der Waals surface area contributed by atoms with E-state index in [0.29, 0.717) is 18.1 Å². The summed E-state index contributed by atoms with van der Waals surface area (Å²) < 4.78 is 40.1. The average molecular weight is 416 g/mol. The van der Waals surface area contributed by atoms with Crippen molar-refractivity contribution in [3.63, 3.8) is 0 Å². The Balaban J connectivity index is 2.08. The molecule has 0 fully saturated rings. The topological polar surface area (TPSA) is 55.8 Å². The summed E-state index contributed by atoms with van der Waals surface area (Å²) in [5, 5.41) is 0. The molecule has 2 aromatic carbocycles. The normalized spacial score (nSPS) is 19.7. The molecule has 0 radical (unpaired) electrons. The Bertz CT molecular complexity index is 980. The predicted octanol–water partition coefficient (Wildman–Crippen LogP) is 5.04. The van der Waals surface area contributed by atoms with E-state index < -0.39 is 16.1 Å². The number of ether oxygens (including phenoxy) is 2. The summed E-state index contributed by atoms with van der Waals surface area (Å²) in [5.74, 6) is 1.57. The molecule has 0 bridgehead atoms. The number of rotatable bonds is 6. The number of allylic oxidation sites excluding steroid dienone is 1. The number of aryl methyl sites for hydroxylation is 1. The zero-order valence-electron chi connectivity index (χ0n) is 17.6. The van der Waals surface area contributed by atoms with Gasteiger partial charge in [0.25, 0.3) is 10.0 Å². The Morgan fingerprint density at radius 1 is 1.10 bits per heavy atom. The lowest BCUT2D eigenvalue weighted by Gasteiger charge is -2.40. The van der Waals surface area contributed by atoms with Crippen molar-refractivity contribution in [1.82, 2.24) is 4.31 Å². The molecule has 0 aliphatic carbocycles. The van der Waals surface area contributed by atoms with E-state index in [1.54, 1.807) is 32.4 Å². The molecule has 5 nitrogen and oxygen atoms in total. The molecule has 3 rings (SSSR count).